The van der Waals surface area contributed by atoms with E-state index in [0.29, 0.717) is 10.8 Å². The van der Waals surface area contributed by atoms with E-state index < -0.39 is 0 Å². The third-order valence-corrected chi connectivity index (χ3v) is 2.22. The van der Waals surface area contributed by atoms with Gasteiger partial charge in [0.15, 0.2) is 0 Å². The molecule has 1 rings (SSSR count). The van der Waals surface area contributed by atoms with Crippen molar-refractivity contribution >= 4 is 23.0 Å². The molecule has 0 aliphatic carbocycles. The summed E-state index contributed by atoms with van der Waals surface area (Å²) in [6.07, 6.45) is 2.63. The van der Waals surface area contributed by atoms with Crippen LogP contribution in [0.15, 0.2) is 6.20 Å². The van der Waals surface area contributed by atoms with Gasteiger partial charge < -0.3 is 11.1 Å². The molecule has 3 N–H and O–H groups in total. The molecule has 0 aliphatic rings. The highest BCUT2D eigenvalue weighted by atomic mass is 35.5. The number of pyridine rings is 1. The Morgan fingerprint density at radius 1 is 1.62 bits per heavy atom. The Morgan fingerprint density at radius 2 is 2.31 bits per heavy atom. The first-order valence-electron chi connectivity index (χ1n) is 4.31. The fraction of sp³-hybridized carbons (Fsp3) is 0.444. The highest BCUT2D eigenvalue weighted by molar-refractivity contribution is 6.30. The summed E-state index contributed by atoms with van der Waals surface area (Å²) in [5, 5.41) is 3.73. The molecule has 1 aromatic heterocycles. The molecule has 0 aromatic carbocycles. The number of anilines is 2. The third kappa shape index (κ3) is 2.25. The second-order valence-corrected chi connectivity index (χ2v) is 3.29. The summed E-state index contributed by atoms with van der Waals surface area (Å²) < 4.78 is 0. The molecule has 0 spiro atoms. The second kappa shape index (κ2) is 4.33. The summed E-state index contributed by atoms with van der Waals surface area (Å²) in [5.74, 6) is 0. The van der Waals surface area contributed by atoms with Crippen LogP contribution in [0.2, 0.25) is 5.15 Å². The minimum atomic E-state index is 0.507. The highest BCUT2D eigenvalue weighted by Gasteiger charge is 2.06. The number of nitrogens with zero attached hydrogens (tertiary/aromatic N) is 1. The minimum absolute atomic E-state index is 0.507. The molecule has 0 saturated carbocycles. The zero-order chi connectivity index (χ0) is 9.84. The van der Waals surface area contributed by atoms with Crippen molar-refractivity contribution in [1.29, 1.82) is 0 Å². The van der Waals surface area contributed by atoms with Gasteiger partial charge in [-0.25, -0.2) is 4.98 Å². The summed E-state index contributed by atoms with van der Waals surface area (Å²) in [5.41, 5.74) is 8.21. The second-order valence-electron chi connectivity index (χ2n) is 2.93. The maximum absolute atomic E-state index is 5.86. The first-order valence-corrected chi connectivity index (χ1v) is 4.69. The van der Waals surface area contributed by atoms with Crippen LogP contribution in [-0.2, 0) is 0 Å². The molecule has 4 heteroatoms. The predicted molar refractivity (Wildman–Crippen MR) is 57.2 cm³/mol. The Bertz CT molecular complexity index is 299. The van der Waals surface area contributed by atoms with Crippen LogP contribution >= 0.6 is 11.6 Å². The molecule has 0 amide bonds. The number of rotatable bonds is 3. The highest BCUT2D eigenvalue weighted by Crippen LogP contribution is 2.26. The molecule has 0 saturated heterocycles. The molecule has 13 heavy (non-hydrogen) atoms. The Morgan fingerprint density at radius 3 is 2.92 bits per heavy atom. The lowest BCUT2D eigenvalue weighted by Gasteiger charge is -2.11. The van der Waals surface area contributed by atoms with Gasteiger partial charge in [0.25, 0.3) is 0 Å². The van der Waals surface area contributed by atoms with E-state index in [4.69, 9.17) is 17.3 Å². The number of hydrogen-bond donors (Lipinski definition) is 2. The van der Waals surface area contributed by atoms with Crippen molar-refractivity contribution in [3.63, 3.8) is 0 Å². The van der Waals surface area contributed by atoms with E-state index >= 15 is 0 Å². The molecule has 72 valence electrons. The van der Waals surface area contributed by atoms with Gasteiger partial charge in [-0.15, -0.1) is 0 Å². The smallest absolute Gasteiger partial charge is 0.134 e. The van der Waals surface area contributed by atoms with Gasteiger partial charge in [0.05, 0.1) is 17.6 Å². The van der Waals surface area contributed by atoms with Crippen LogP contribution in [-0.4, -0.2) is 11.5 Å². The molecule has 0 bridgehead atoms. The van der Waals surface area contributed by atoms with E-state index in [0.717, 1.165) is 24.2 Å². The average molecular weight is 200 g/mol. The predicted octanol–water partition coefficient (Wildman–Crippen LogP) is 2.45. The Balaban J connectivity index is 2.96. The molecular formula is C9H14ClN3. The minimum Gasteiger partial charge on any atom is -0.396 e. The zero-order valence-electron chi connectivity index (χ0n) is 7.89. The zero-order valence-corrected chi connectivity index (χ0v) is 8.65. The van der Waals surface area contributed by atoms with Crippen LogP contribution in [0.1, 0.15) is 18.9 Å². The maximum Gasteiger partial charge on any atom is 0.134 e. The Kier molecular flexibility index (Phi) is 3.37. The number of hydrogen-bond acceptors (Lipinski definition) is 3. The van der Waals surface area contributed by atoms with E-state index in [2.05, 4.69) is 17.2 Å². The summed E-state index contributed by atoms with van der Waals surface area (Å²) in [4.78, 5) is 3.95. The lowest BCUT2D eigenvalue weighted by Crippen LogP contribution is -2.05. The Labute approximate surface area is 83.3 Å². The molecule has 3 nitrogen and oxygen atoms in total. The van der Waals surface area contributed by atoms with Gasteiger partial charge in [0, 0.05) is 12.1 Å². The summed E-state index contributed by atoms with van der Waals surface area (Å²) in [6.45, 7) is 4.90. The first-order chi connectivity index (χ1) is 6.16. The SMILES string of the molecule is CCCNc1c(N)cnc(Cl)c1C. The van der Waals surface area contributed by atoms with E-state index in [1.807, 2.05) is 6.92 Å². The van der Waals surface area contributed by atoms with E-state index in [-0.39, 0.29) is 0 Å². The van der Waals surface area contributed by atoms with Crippen molar-refractivity contribution in [2.75, 3.05) is 17.6 Å². The maximum atomic E-state index is 5.86. The molecular weight excluding hydrogens is 186 g/mol. The number of halogens is 1. The Hall–Kier alpha value is -0.960. The number of nitrogen functional groups attached to an aromatic ring is 1. The molecule has 0 unspecified atom stereocenters. The lowest BCUT2D eigenvalue weighted by molar-refractivity contribution is 0.976. The van der Waals surface area contributed by atoms with Crippen LogP contribution in [0, 0.1) is 6.92 Å². The van der Waals surface area contributed by atoms with Gasteiger partial charge in [0.2, 0.25) is 0 Å². The fourth-order valence-electron chi connectivity index (χ4n) is 1.09. The van der Waals surface area contributed by atoms with Crippen LogP contribution < -0.4 is 11.1 Å². The van der Waals surface area contributed by atoms with Crippen molar-refractivity contribution in [2.45, 2.75) is 20.3 Å². The molecule has 1 heterocycles. The van der Waals surface area contributed by atoms with Crippen LogP contribution in [0.25, 0.3) is 0 Å². The van der Waals surface area contributed by atoms with E-state index in [1.54, 1.807) is 6.20 Å². The van der Waals surface area contributed by atoms with E-state index in [9.17, 15) is 0 Å². The monoisotopic (exact) mass is 199 g/mol. The molecule has 0 radical (unpaired) electrons. The van der Waals surface area contributed by atoms with Gasteiger partial charge in [-0.3, -0.25) is 0 Å². The first kappa shape index (κ1) is 10.1. The van der Waals surface area contributed by atoms with Crippen LogP contribution in [0.4, 0.5) is 11.4 Å². The van der Waals surface area contributed by atoms with Crippen LogP contribution in [0.5, 0.6) is 0 Å². The standard InChI is InChI=1S/C9H14ClN3/c1-3-4-12-8-6(2)9(10)13-5-7(8)11/h5H,3-4,11H2,1-2H3,(H,12,13). The molecule has 0 atom stereocenters. The van der Waals surface area contributed by atoms with E-state index in [1.165, 1.54) is 0 Å². The van der Waals surface area contributed by atoms with Crippen molar-refractivity contribution in [2.24, 2.45) is 0 Å². The average Bonchev–Trinajstić information content (AvgIpc) is 2.12. The van der Waals surface area contributed by atoms with Gasteiger partial charge in [-0.1, -0.05) is 18.5 Å². The summed E-state index contributed by atoms with van der Waals surface area (Å²) in [7, 11) is 0. The molecule has 0 fully saturated rings. The molecule has 0 aliphatic heterocycles. The van der Waals surface area contributed by atoms with Gasteiger partial charge in [-0.05, 0) is 13.3 Å². The largest absolute Gasteiger partial charge is 0.396 e. The van der Waals surface area contributed by atoms with Gasteiger partial charge >= 0.3 is 0 Å². The normalized spacial score (nSPS) is 10.1. The summed E-state index contributed by atoms with van der Waals surface area (Å²) in [6, 6.07) is 0. The van der Waals surface area contributed by atoms with Crippen molar-refractivity contribution in [3.8, 4) is 0 Å². The van der Waals surface area contributed by atoms with Crippen LogP contribution in [0.3, 0.4) is 0 Å². The number of aromatic nitrogens is 1. The van der Waals surface area contributed by atoms with Gasteiger partial charge in [-0.2, -0.15) is 0 Å². The fourth-order valence-corrected chi connectivity index (χ4v) is 1.24. The van der Waals surface area contributed by atoms with Crippen molar-refractivity contribution in [3.05, 3.63) is 16.9 Å². The quantitative estimate of drug-likeness (QED) is 0.736. The number of nitrogens with two attached hydrogens (primary N) is 1. The van der Waals surface area contributed by atoms with Gasteiger partial charge in [0.1, 0.15) is 5.15 Å². The lowest BCUT2D eigenvalue weighted by atomic mass is 10.2. The third-order valence-electron chi connectivity index (χ3n) is 1.84. The van der Waals surface area contributed by atoms with Crippen molar-refractivity contribution < 1.29 is 0 Å². The summed E-state index contributed by atoms with van der Waals surface area (Å²) >= 11 is 5.86. The number of nitrogens with one attached hydrogen (secondary N) is 1. The van der Waals surface area contributed by atoms with Crippen molar-refractivity contribution in [1.82, 2.24) is 4.98 Å². The molecule has 1 aromatic rings. The topological polar surface area (TPSA) is 50.9 Å².